The summed E-state index contributed by atoms with van der Waals surface area (Å²) >= 11 is 0. The first kappa shape index (κ1) is 11.6. The third-order valence-electron chi connectivity index (χ3n) is 3.95. The Labute approximate surface area is 95.9 Å². The minimum atomic E-state index is -0.298. The average molecular weight is 225 g/mol. The van der Waals surface area contributed by atoms with Crippen LogP contribution < -0.4 is 0 Å². The molecule has 0 radical (unpaired) electrons. The van der Waals surface area contributed by atoms with E-state index in [9.17, 15) is 9.59 Å². The third kappa shape index (κ3) is 1.56. The molecule has 2 aliphatic rings. The van der Waals surface area contributed by atoms with E-state index < -0.39 is 0 Å². The third-order valence-corrected chi connectivity index (χ3v) is 3.95. The van der Waals surface area contributed by atoms with Crippen molar-refractivity contribution in [3.63, 3.8) is 0 Å². The minimum absolute atomic E-state index is 0.0315. The summed E-state index contributed by atoms with van der Waals surface area (Å²) in [6.07, 6.45) is 1.45. The second-order valence-corrected chi connectivity index (χ2v) is 5.19. The standard InChI is InChI=1S/C12H19NO3/c1-4-16-10-7-9(12(10,2)3)13-6-5-8(14)11(13)15/h9-10H,4-7H2,1-3H3. The van der Waals surface area contributed by atoms with Gasteiger partial charge < -0.3 is 9.64 Å². The number of nitrogens with zero attached hydrogens (tertiary/aromatic N) is 1. The van der Waals surface area contributed by atoms with E-state index in [0.29, 0.717) is 19.6 Å². The molecule has 16 heavy (non-hydrogen) atoms. The van der Waals surface area contributed by atoms with Crippen molar-refractivity contribution in [2.75, 3.05) is 13.2 Å². The quantitative estimate of drug-likeness (QED) is 0.673. The lowest BCUT2D eigenvalue weighted by Crippen LogP contribution is -2.62. The molecule has 1 amide bonds. The molecule has 0 N–H and O–H groups in total. The maximum absolute atomic E-state index is 11.6. The molecule has 2 rings (SSSR count). The number of Topliss-reactive ketones (excluding diaryl/α,β-unsaturated/α-hetero) is 1. The summed E-state index contributed by atoms with van der Waals surface area (Å²) in [6, 6.07) is 0.169. The van der Waals surface area contributed by atoms with E-state index in [1.165, 1.54) is 0 Å². The zero-order valence-electron chi connectivity index (χ0n) is 10.2. The molecule has 1 saturated carbocycles. The molecular formula is C12H19NO3. The van der Waals surface area contributed by atoms with Gasteiger partial charge in [-0.15, -0.1) is 0 Å². The number of rotatable bonds is 3. The Morgan fingerprint density at radius 2 is 2.12 bits per heavy atom. The Kier molecular flexibility index (Phi) is 2.78. The van der Waals surface area contributed by atoms with E-state index in [1.54, 1.807) is 4.90 Å². The highest BCUT2D eigenvalue weighted by atomic mass is 16.5. The Morgan fingerprint density at radius 1 is 1.44 bits per heavy atom. The molecule has 0 aromatic carbocycles. The van der Waals surface area contributed by atoms with Gasteiger partial charge in [0.1, 0.15) is 0 Å². The van der Waals surface area contributed by atoms with Crippen LogP contribution in [-0.2, 0) is 14.3 Å². The Hall–Kier alpha value is -0.900. The number of hydrogen-bond donors (Lipinski definition) is 0. The van der Waals surface area contributed by atoms with Crippen molar-refractivity contribution in [2.45, 2.75) is 45.8 Å². The lowest BCUT2D eigenvalue weighted by molar-refractivity contribution is -0.164. The second-order valence-electron chi connectivity index (χ2n) is 5.19. The van der Waals surface area contributed by atoms with Crippen molar-refractivity contribution < 1.29 is 14.3 Å². The summed E-state index contributed by atoms with van der Waals surface area (Å²) in [4.78, 5) is 24.6. The predicted octanol–water partition coefficient (Wildman–Crippen LogP) is 0.991. The summed E-state index contributed by atoms with van der Waals surface area (Å²) in [5, 5.41) is 0. The summed E-state index contributed by atoms with van der Waals surface area (Å²) in [5.74, 6) is -0.538. The molecule has 0 bridgehead atoms. The molecule has 2 unspecified atom stereocenters. The number of hydrogen-bond acceptors (Lipinski definition) is 3. The summed E-state index contributed by atoms with van der Waals surface area (Å²) in [6.45, 7) is 7.49. The van der Waals surface area contributed by atoms with Gasteiger partial charge in [-0.3, -0.25) is 9.59 Å². The molecule has 0 aromatic heterocycles. The zero-order valence-corrected chi connectivity index (χ0v) is 10.2. The number of carbonyl (C=O) groups excluding carboxylic acids is 2. The molecule has 1 saturated heterocycles. The molecule has 1 aliphatic heterocycles. The van der Waals surface area contributed by atoms with Crippen molar-refractivity contribution >= 4 is 11.7 Å². The lowest BCUT2D eigenvalue weighted by Gasteiger charge is -2.54. The normalized spacial score (nSPS) is 33.1. The molecule has 0 spiro atoms. The summed E-state index contributed by atoms with van der Waals surface area (Å²) in [7, 11) is 0. The van der Waals surface area contributed by atoms with Crippen molar-refractivity contribution in [2.24, 2.45) is 5.41 Å². The van der Waals surface area contributed by atoms with Crippen LogP contribution in [0.25, 0.3) is 0 Å². The first-order valence-electron chi connectivity index (χ1n) is 5.94. The maximum atomic E-state index is 11.6. The highest BCUT2D eigenvalue weighted by Crippen LogP contribution is 2.46. The maximum Gasteiger partial charge on any atom is 0.290 e. The number of amides is 1. The van der Waals surface area contributed by atoms with E-state index in [2.05, 4.69) is 13.8 Å². The van der Waals surface area contributed by atoms with Crippen LogP contribution in [-0.4, -0.2) is 41.9 Å². The highest BCUT2D eigenvalue weighted by Gasteiger charge is 2.54. The van der Waals surface area contributed by atoms with Crippen LogP contribution in [0.5, 0.6) is 0 Å². The first-order chi connectivity index (χ1) is 7.48. The Bertz CT molecular complexity index is 324. The zero-order chi connectivity index (χ0) is 11.9. The van der Waals surface area contributed by atoms with Gasteiger partial charge in [0.05, 0.1) is 6.10 Å². The molecule has 0 aromatic rings. The van der Waals surface area contributed by atoms with Gasteiger partial charge in [-0.05, 0) is 13.3 Å². The van der Waals surface area contributed by atoms with E-state index in [0.717, 1.165) is 6.42 Å². The lowest BCUT2D eigenvalue weighted by atomic mass is 9.63. The fourth-order valence-electron chi connectivity index (χ4n) is 2.77. The van der Waals surface area contributed by atoms with Crippen LogP contribution in [0.3, 0.4) is 0 Å². The molecule has 90 valence electrons. The first-order valence-corrected chi connectivity index (χ1v) is 5.94. The van der Waals surface area contributed by atoms with Crippen molar-refractivity contribution in [1.29, 1.82) is 0 Å². The number of carbonyl (C=O) groups is 2. The second kappa shape index (κ2) is 3.84. The number of ether oxygens (including phenoxy) is 1. The van der Waals surface area contributed by atoms with E-state index in [4.69, 9.17) is 4.74 Å². The van der Waals surface area contributed by atoms with Gasteiger partial charge in [-0.1, -0.05) is 13.8 Å². The molecule has 2 fully saturated rings. The van der Waals surface area contributed by atoms with Crippen LogP contribution >= 0.6 is 0 Å². The number of likely N-dealkylation sites (tertiary alicyclic amines) is 1. The van der Waals surface area contributed by atoms with Gasteiger partial charge in [0.25, 0.3) is 5.91 Å². The Morgan fingerprint density at radius 3 is 2.56 bits per heavy atom. The fraction of sp³-hybridized carbons (Fsp3) is 0.833. The van der Waals surface area contributed by atoms with Gasteiger partial charge in [0.15, 0.2) is 0 Å². The minimum Gasteiger partial charge on any atom is -0.378 e. The van der Waals surface area contributed by atoms with Gasteiger partial charge in [-0.25, -0.2) is 0 Å². The fourth-order valence-corrected chi connectivity index (χ4v) is 2.77. The van der Waals surface area contributed by atoms with Gasteiger partial charge in [-0.2, -0.15) is 0 Å². The molecule has 4 heteroatoms. The van der Waals surface area contributed by atoms with Crippen LogP contribution in [0, 0.1) is 5.41 Å². The van der Waals surface area contributed by atoms with Gasteiger partial charge >= 0.3 is 0 Å². The average Bonchev–Trinajstić information content (AvgIpc) is 2.55. The van der Waals surface area contributed by atoms with E-state index in [1.807, 2.05) is 6.92 Å². The topological polar surface area (TPSA) is 46.6 Å². The summed E-state index contributed by atoms with van der Waals surface area (Å²) in [5.41, 5.74) is -0.0315. The summed E-state index contributed by atoms with van der Waals surface area (Å²) < 4.78 is 5.62. The van der Waals surface area contributed by atoms with Crippen LogP contribution in [0.4, 0.5) is 0 Å². The molecule has 4 nitrogen and oxygen atoms in total. The van der Waals surface area contributed by atoms with Crippen LogP contribution in [0.1, 0.15) is 33.6 Å². The molecular weight excluding hydrogens is 206 g/mol. The number of ketones is 1. The van der Waals surface area contributed by atoms with Crippen LogP contribution in [0.15, 0.2) is 0 Å². The molecule has 2 atom stereocenters. The van der Waals surface area contributed by atoms with Crippen molar-refractivity contribution in [1.82, 2.24) is 4.90 Å². The predicted molar refractivity (Wildman–Crippen MR) is 58.9 cm³/mol. The van der Waals surface area contributed by atoms with E-state index >= 15 is 0 Å². The van der Waals surface area contributed by atoms with Gasteiger partial charge in [0, 0.05) is 31.0 Å². The monoisotopic (exact) mass is 225 g/mol. The van der Waals surface area contributed by atoms with Crippen molar-refractivity contribution in [3.05, 3.63) is 0 Å². The smallest absolute Gasteiger partial charge is 0.290 e. The largest absolute Gasteiger partial charge is 0.378 e. The molecule has 1 heterocycles. The van der Waals surface area contributed by atoms with E-state index in [-0.39, 0.29) is 29.3 Å². The van der Waals surface area contributed by atoms with Gasteiger partial charge in [0.2, 0.25) is 5.78 Å². The molecule has 1 aliphatic carbocycles. The van der Waals surface area contributed by atoms with Crippen LogP contribution in [0.2, 0.25) is 0 Å². The Balaban J connectivity index is 2.03. The SMILES string of the molecule is CCOC1CC(N2CCC(=O)C2=O)C1(C)C. The van der Waals surface area contributed by atoms with Crippen molar-refractivity contribution in [3.8, 4) is 0 Å². The highest BCUT2D eigenvalue weighted by molar-refractivity contribution is 6.37.